The molecule has 0 aromatic rings. The van der Waals surface area contributed by atoms with Gasteiger partial charge in [0.15, 0.2) is 6.29 Å². The fourth-order valence-corrected chi connectivity index (χ4v) is 4.10. The van der Waals surface area contributed by atoms with Crippen molar-refractivity contribution in [3.63, 3.8) is 0 Å². The summed E-state index contributed by atoms with van der Waals surface area (Å²) in [5.41, 5.74) is 0.291. The summed E-state index contributed by atoms with van der Waals surface area (Å²) < 4.78 is 21.4. The highest BCUT2D eigenvalue weighted by molar-refractivity contribution is 5.89. The normalized spacial score (nSPS) is 47.0. The summed E-state index contributed by atoms with van der Waals surface area (Å²) in [5, 5.41) is 49.4. The zero-order chi connectivity index (χ0) is 19.9. The quantitative estimate of drug-likeness (QED) is 0.336. The van der Waals surface area contributed by atoms with Crippen LogP contribution in [0.1, 0.15) is 13.3 Å². The number of carbonyl (C=O) groups excluding carboxylic acids is 1. The standard InChI is InChI=1S/C17H26O10/c1-6-9(19)3-7-8(15(23)24-2)5-25-16(11(6)7)27-17-14(22)13(21)12(20)10(4-18)26-17/h5-7,9-14,16-22H,3-4H2,1-2H3/t6?,7?,9?,10-,11?,12-,13+,14-,16+,17+/m0/s1. The number of fused-ring (bicyclic) bond motifs is 1. The Hall–Kier alpha value is -1.27. The fourth-order valence-electron chi connectivity index (χ4n) is 4.10. The van der Waals surface area contributed by atoms with E-state index in [0.717, 1.165) is 0 Å². The van der Waals surface area contributed by atoms with Gasteiger partial charge in [-0.2, -0.15) is 0 Å². The largest absolute Gasteiger partial charge is 0.472 e. The zero-order valence-electron chi connectivity index (χ0n) is 15.0. The van der Waals surface area contributed by atoms with E-state index in [2.05, 4.69) is 0 Å². The van der Waals surface area contributed by atoms with Crippen LogP contribution < -0.4 is 0 Å². The molecular weight excluding hydrogens is 364 g/mol. The van der Waals surface area contributed by atoms with Gasteiger partial charge in [-0.3, -0.25) is 0 Å². The number of methoxy groups -OCH3 is 1. The first-order valence-corrected chi connectivity index (χ1v) is 8.88. The van der Waals surface area contributed by atoms with E-state index in [-0.39, 0.29) is 11.8 Å². The average Bonchev–Trinajstić information content (AvgIpc) is 2.96. The highest BCUT2D eigenvalue weighted by Crippen LogP contribution is 2.47. The van der Waals surface area contributed by atoms with E-state index >= 15 is 0 Å². The van der Waals surface area contributed by atoms with E-state index in [4.69, 9.17) is 18.9 Å². The molecule has 10 nitrogen and oxygen atoms in total. The number of hydrogen-bond acceptors (Lipinski definition) is 10. The topological polar surface area (TPSA) is 155 Å². The molecule has 0 aromatic heterocycles. The third-order valence-electron chi connectivity index (χ3n) is 5.75. The molecule has 27 heavy (non-hydrogen) atoms. The first-order valence-electron chi connectivity index (χ1n) is 8.88. The summed E-state index contributed by atoms with van der Waals surface area (Å²) in [7, 11) is 1.25. The zero-order valence-corrected chi connectivity index (χ0v) is 15.0. The first-order chi connectivity index (χ1) is 12.8. The van der Waals surface area contributed by atoms with Gasteiger partial charge in [0.1, 0.15) is 24.4 Å². The van der Waals surface area contributed by atoms with Gasteiger partial charge in [0.25, 0.3) is 0 Å². The number of aliphatic hydroxyl groups excluding tert-OH is 5. The number of rotatable bonds is 4. The maximum atomic E-state index is 12.0. The van der Waals surface area contributed by atoms with E-state index in [9.17, 15) is 30.3 Å². The van der Waals surface area contributed by atoms with Crippen molar-refractivity contribution in [1.82, 2.24) is 0 Å². The van der Waals surface area contributed by atoms with Gasteiger partial charge in [-0.25, -0.2) is 4.79 Å². The smallest absolute Gasteiger partial charge is 0.337 e. The lowest BCUT2D eigenvalue weighted by molar-refractivity contribution is -0.342. The molecule has 0 aromatic carbocycles. The van der Waals surface area contributed by atoms with Gasteiger partial charge >= 0.3 is 5.97 Å². The van der Waals surface area contributed by atoms with Crippen LogP contribution in [0.4, 0.5) is 0 Å². The maximum absolute atomic E-state index is 12.0. The first kappa shape index (κ1) is 20.5. The second kappa shape index (κ2) is 8.00. The number of ether oxygens (including phenoxy) is 4. The summed E-state index contributed by atoms with van der Waals surface area (Å²) in [6.45, 7) is 1.21. The molecule has 1 saturated heterocycles. The molecular formula is C17H26O10. The molecule has 1 saturated carbocycles. The van der Waals surface area contributed by atoms with E-state index < -0.39 is 61.6 Å². The van der Waals surface area contributed by atoms with Crippen molar-refractivity contribution in [3.8, 4) is 0 Å². The predicted molar refractivity (Wildman–Crippen MR) is 86.6 cm³/mol. The molecule has 154 valence electrons. The molecule has 2 aliphatic heterocycles. The third kappa shape index (κ3) is 3.58. The molecule has 0 bridgehead atoms. The highest BCUT2D eigenvalue weighted by Gasteiger charge is 2.53. The second-order valence-electron chi connectivity index (χ2n) is 7.25. The summed E-state index contributed by atoms with van der Waals surface area (Å²) in [4.78, 5) is 12.0. The lowest BCUT2D eigenvalue weighted by Gasteiger charge is -2.43. The lowest BCUT2D eigenvalue weighted by Crippen LogP contribution is -2.60. The van der Waals surface area contributed by atoms with Crippen molar-refractivity contribution < 1.29 is 49.3 Å². The molecule has 3 rings (SSSR count). The molecule has 2 fully saturated rings. The van der Waals surface area contributed by atoms with Gasteiger partial charge in [0, 0.05) is 11.8 Å². The van der Waals surface area contributed by atoms with Crippen molar-refractivity contribution in [2.45, 2.75) is 56.4 Å². The predicted octanol–water partition coefficient (Wildman–Crippen LogP) is -2.15. The molecule has 2 heterocycles. The van der Waals surface area contributed by atoms with Gasteiger partial charge in [0.05, 0.1) is 31.7 Å². The van der Waals surface area contributed by atoms with E-state index in [1.54, 1.807) is 6.92 Å². The fraction of sp³-hybridized carbons (Fsp3) is 0.824. The number of aliphatic hydroxyl groups is 5. The molecule has 0 radical (unpaired) electrons. The molecule has 1 aliphatic carbocycles. The van der Waals surface area contributed by atoms with Crippen LogP contribution in [0.5, 0.6) is 0 Å². The summed E-state index contributed by atoms with van der Waals surface area (Å²) in [6, 6.07) is 0. The van der Waals surface area contributed by atoms with Crippen LogP contribution in [0.3, 0.4) is 0 Å². The Kier molecular flexibility index (Phi) is 6.06. The Balaban J connectivity index is 1.80. The number of hydrogen-bond donors (Lipinski definition) is 5. The summed E-state index contributed by atoms with van der Waals surface area (Å²) >= 11 is 0. The van der Waals surface area contributed by atoms with Crippen molar-refractivity contribution in [1.29, 1.82) is 0 Å². The maximum Gasteiger partial charge on any atom is 0.337 e. The summed E-state index contributed by atoms with van der Waals surface area (Å²) in [5.74, 6) is -1.63. The summed E-state index contributed by atoms with van der Waals surface area (Å²) in [6.07, 6.45) is -7.25. The van der Waals surface area contributed by atoms with Gasteiger partial charge in [-0.05, 0) is 12.3 Å². The van der Waals surface area contributed by atoms with Gasteiger partial charge in [0.2, 0.25) is 6.29 Å². The van der Waals surface area contributed by atoms with Gasteiger partial charge in [-0.15, -0.1) is 0 Å². The Labute approximate surface area is 155 Å². The molecule has 10 heteroatoms. The van der Waals surface area contributed by atoms with Gasteiger partial charge in [-0.1, -0.05) is 6.92 Å². The third-order valence-corrected chi connectivity index (χ3v) is 5.75. The molecule has 5 N–H and O–H groups in total. The minimum absolute atomic E-state index is 0.279. The molecule has 0 amide bonds. The van der Waals surface area contributed by atoms with Crippen LogP contribution in [0, 0.1) is 17.8 Å². The Morgan fingerprint density at radius 1 is 1.19 bits per heavy atom. The Bertz CT molecular complexity index is 578. The second-order valence-corrected chi connectivity index (χ2v) is 7.25. The number of esters is 1. The van der Waals surface area contributed by atoms with Crippen LogP contribution in [-0.2, 0) is 23.7 Å². The SMILES string of the molecule is COC(=O)C1=CO[C@H](O[C@H]2O[C@@H](CO)[C@H](O)[C@@H](O)[C@@H]2O)C2C1CC(O)C2C. The monoisotopic (exact) mass is 390 g/mol. The van der Waals surface area contributed by atoms with E-state index in [1.165, 1.54) is 13.4 Å². The van der Waals surface area contributed by atoms with Crippen LogP contribution >= 0.6 is 0 Å². The van der Waals surface area contributed by atoms with Crippen molar-refractivity contribution in [2.24, 2.45) is 17.8 Å². The van der Waals surface area contributed by atoms with Crippen LogP contribution in [0.15, 0.2) is 11.8 Å². The lowest BCUT2D eigenvalue weighted by atomic mass is 9.83. The molecule has 4 unspecified atom stereocenters. The Morgan fingerprint density at radius 3 is 2.52 bits per heavy atom. The van der Waals surface area contributed by atoms with Crippen molar-refractivity contribution in [2.75, 3.05) is 13.7 Å². The van der Waals surface area contributed by atoms with E-state index in [1.807, 2.05) is 0 Å². The minimum Gasteiger partial charge on any atom is -0.472 e. The average molecular weight is 390 g/mol. The Morgan fingerprint density at radius 2 is 1.89 bits per heavy atom. The van der Waals surface area contributed by atoms with E-state index in [0.29, 0.717) is 12.0 Å². The van der Waals surface area contributed by atoms with Crippen LogP contribution in [-0.4, -0.2) is 88.3 Å². The number of carbonyl (C=O) groups is 1. The highest BCUT2D eigenvalue weighted by atomic mass is 16.8. The van der Waals surface area contributed by atoms with Crippen molar-refractivity contribution in [3.05, 3.63) is 11.8 Å². The molecule has 0 spiro atoms. The van der Waals surface area contributed by atoms with Crippen molar-refractivity contribution >= 4 is 5.97 Å². The molecule has 3 aliphatic rings. The minimum atomic E-state index is -1.58. The van der Waals surface area contributed by atoms with Crippen LogP contribution in [0.2, 0.25) is 0 Å². The van der Waals surface area contributed by atoms with Crippen LogP contribution in [0.25, 0.3) is 0 Å². The van der Waals surface area contributed by atoms with Gasteiger partial charge < -0.3 is 44.5 Å². The molecule has 10 atom stereocenters.